The standard InChI is InChI=1S/C38H24N3OP/c42-43(28-13-5-2-6-14-28)35-17-9-16-33-37(35)41(38(40-33)25-10-3-1-4-11-25)34-19-18-27(23-36(34)43)31-22-26-12-7-8-15-29(26)32-24-39-21-20-30(31)32/h1-24H. The van der Waals surface area contributed by atoms with E-state index < -0.39 is 7.14 Å². The van der Waals surface area contributed by atoms with Crippen LogP contribution in [0.2, 0.25) is 0 Å². The van der Waals surface area contributed by atoms with Gasteiger partial charge in [0.25, 0.3) is 0 Å². The summed E-state index contributed by atoms with van der Waals surface area (Å²) in [6, 6.07) is 45.4. The van der Waals surface area contributed by atoms with Crippen LogP contribution in [0.15, 0.2) is 146 Å². The maximum absolute atomic E-state index is 15.8. The first-order valence-electron chi connectivity index (χ1n) is 14.4. The van der Waals surface area contributed by atoms with Gasteiger partial charge in [-0.15, -0.1) is 0 Å². The summed E-state index contributed by atoms with van der Waals surface area (Å²) in [5.41, 5.74) is 5.79. The number of benzene rings is 6. The zero-order valence-corrected chi connectivity index (χ0v) is 23.9. The molecule has 9 rings (SSSR count). The highest BCUT2D eigenvalue weighted by molar-refractivity contribution is 7.86. The predicted molar refractivity (Wildman–Crippen MR) is 178 cm³/mol. The molecule has 0 fully saturated rings. The predicted octanol–water partition coefficient (Wildman–Crippen LogP) is 8.01. The van der Waals surface area contributed by atoms with Crippen molar-refractivity contribution in [2.45, 2.75) is 0 Å². The lowest BCUT2D eigenvalue weighted by Crippen LogP contribution is -2.33. The molecular weight excluding hydrogens is 545 g/mol. The molecule has 43 heavy (non-hydrogen) atoms. The van der Waals surface area contributed by atoms with Crippen molar-refractivity contribution in [1.82, 2.24) is 14.5 Å². The van der Waals surface area contributed by atoms with E-state index in [-0.39, 0.29) is 0 Å². The Bertz CT molecular complexity index is 2430. The molecule has 5 heteroatoms. The topological polar surface area (TPSA) is 47.8 Å². The van der Waals surface area contributed by atoms with Gasteiger partial charge < -0.3 is 4.57 Å². The fraction of sp³-hybridized carbons (Fsp3) is 0. The van der Waals surface area contributed by atoms with Gasteiger partial charge in [-0.2, -0.15) is 0 Å². The third kappa shape index (κ3) is 3.42. The molecule has 2 aromatic heterocycles. The van der Waals surface area contributed by atoms with Gasteiger partial charge in [0.1, 0.15) is 5.82 Å². The molecule has 8 aromatic rings. The van der Waals surface area contributed by atoms with Gasteiger partial charge in [-0.1, -0.05) is 97.1 Å². The minimum absolute atomic E-state index is 0.821. The van der Waals surface area contributed by atoms with Crippen LogP contribution in [0.4, 0.5) is 0 Å². The summed E-state index contributed by atoms with van der Waals surface area (Å²) >= 11 is 0. The van der Waals surface area contributed by atoms with Gasteiger partial charge in [0, 0.05) is 39.3 Å². The molecule has 0 aliphatic carbocycles. The number of pyridine rings is 1. The summed E-state index contributed by atoms with van der Waals surface area (Å²) in [4.78, 5) is 9.56. The Kier molecular flexibility index (Phi) is 5.14. The van der Waals surface area contributed by atoms with Gasteiger partial charge in [-0.05, 0) is 63.7 Å². The number of hydrogen-bond acceptors (Lipinski definition) is 3. The van der Waals surface area contributed by atoms with Crippen molar-refractivity contribution in [2.24, 2.45) is 0 Å². The molecule has 0 N–H and O–H groups in total. The molecule has 4 nitrogen and oxygen atoms in total. The van der Waals surface area contributed by atoms with Gasteiger partial charge in [0.15, 0.2) is 7.14 Å². The van der Waals surface area contributed by atoms with Crippen LogP contribution in [0.5, 0.6) is 0 Å². The van der Waals surface area contributed by atoms with Crippen molar-refractivity contribution in [3.05, 3.63) is 146 Å². The Labute approximate surface area is 248 Å². The van der Waals surface area contributed by atoms with E-state index in [4.69, 9.17) is 4.98 Å². The summed E-state index contributed by atoms with van der Waals surface area (Å²) in [5, 5.41) is 7.01. The van der Waals surface area contributed by atoms with Gasteiger partial charge in [-0.3, -0.25) is 9.55 Å². The SMILES string of the molecule is O=P1(c2ccccc2)c2cc(-c3cc4ccccc4c4cnccc34)ccc2-n2c(-c3ccccc3)nc3cccc1c32. The van der Waals surface area contributed by atoms with Crippen molar-refractivity contribution < 1.29 is 4.57 Å². The monoisotopic (exact) mass is 569 g/mol. The van der Waals surface area contributed by atoms with Crippen LogP contribution in [0.25, 0.3) is 60.8 Å². The second-order valence-electron chi connectivity index (χ2n) is 11.0. The second-order valence-corrected chi connectivity index (χ2v) is 13.7. The first kappa shape index (κ1) is 24.3. The molecule has 1 aliphatic heterocycles. The Morgan fingerprint density at radius 3 is 2.26 bits per heavy atom. The summed E-state index contributed by atoms with van der Waals surface area (Å²) in [6.07, 6.45) is 3.79. The highest BCUT2D eigenvalue weighted by Crippen LogP contribution is 2.51. The summed E-state index contributed by atoms with van der Waals surface area (Å²) in [5.74, 6) is 0.846. The number of fused-ring (bicyclic) bond motifs is 5. The second kappa shape index (κ2) is 9.09. The Morgan fingerprint density at radius 1 is 0.605 bits per heavy atom. The highest BCUT2D eigenvalue weighted by Gasteiger charge is 2.40. The van der Waals surface area contributed by atoms with E-state index in [2.05, 4.69) is 76.3 Å². The maximum atomic E-state index is 15.8. The smallest absolute Gasteiger partial charge is 0.175 e. The Hall–Kier alpha value is -5.31. The van der Waals surface area contributed by atoms with E-state index in [1.165, 1.54) is 5.39 Å². The zero-order chi connectivity index (χ0) is 28.5. The number of para-hydroxylation sites is 1. The lowest BCUT2D eigenvalue weighted by Gasteiger charge is -2.30. The molecular formula is C38H24N3OP. The maximum Gasteiger partial charge on any atom is 0.175 e. The van der Waals surface area contributed by atoms with Crippen LogP contribution >= 0.6 is 7.14 Å². The molecule has 0 bridgehead atoms. The van der Waals surface area contributed by atoms with Crippen LogP contribution in [0.3, 0.4) is 0 Å². The molecule has 0 amide bonds. The van der Waals surface area contributed by atoms with Gasteiger partial charge in [-0.25, -0.2) is 4.98 Å². The first-order valence-corrected chi connectivity index (χ1v) is 16.1. The summed E-state index contributed by atoms with van der Waals surface area (Å²) < 4.78 is 18.0. The van der Waals surface area contributed by atoms with Crippen molar-refractivity contribution in [3.63, 3.8) is 0 Å². The summed E-state index contributed by atoms with van der Waals surface area (Å²) in [7, 11) is -3.27. The molecule has 1 atom stereocenters. The normalized spacial score (nSPS) is 15.6. The molecule has 0 spiro atoms. The van der Waals surface area contributed by atoms with E-state index in [0.717, 1.165) is 71.3 Å². The number of imidazole rings is 1. The van der Waals surface area contributed by atoms with Crippen LogP contribution in [0, 0.1) is 0 Å². The minimum Gasteiger partial charge on any atom is -0.308 e. The van der Waals surface area contributed by atoms with Crippen LogP contribution in [0.1, 0.15) is 0 Å². The average Bonchev–Trinajstić information content (AvgIpc) is 3.48. The Morgan fingerprint density at radius 2 is 1.40 bits per heavy atom. The lowest BCUT2D eigenvalue weighted by atomic mass is 9.94. The Balaban J connectivity index is 1.40. The number of rotatable bonds is 3. The number of hydrogen-bond donors (Lipinski definition) is 0. The van der Waals surface area contributed by atoms with Crippen molar-refractivity contribution in [2.75, 3.05) is 0 Å². The third-order valence-electron chi connectivity index (χ3n) is 8.67. The van der Waals surface area contributed by atoms with Gasteiger partial charge in [0.05, 0.1) is 16.7 Å². The van der Waals surface area contributed by atoms with Crippen LogP contribution in [-0.4, -0.2) is 14.5 Å². The van der Waals surface area contributed by atoms with Gasteiger partial charge >= 0.3 is 0 Å². The molecule has 3 heterocycles. The molecule has 1 aliphatic rings. The molecule has 1 unspecified atom stereocenters. The molecule has 6 aromatic carbocycles. The molecule has 0 saturated carbocycles. The molecule has 202 valence electrons. The van der Waals surface area contributed by atoms with Crippen LogP contribution in [-0.2, 0) is 4.57 Å². The minimum atomic E-state index is -3.27. The average molecular weight is 570 g/mol. The van der Waals surface area contributed by atoms with Gasteiger partial charge in [0.2, 0.25) is 0 Å². The molecule has 0 saturated heterocycles. The van der Waals surface area contributed by atoms with Crippen molar-refractivity contribution in [1.29, 1.82) is 0 Å². The fourth-order valence-corrected chi connectivity index (χ4v) is 9.78. The first-order chi connectivity index (χ1) is 21.2. The van der Waals surface area contributed by atoms with E-state index >= 15 is 4.57 Å². The fourth-order valence-electron chi connectivity index (χ4n) is 6.74. The zero-order valence-electron chi connectivity index (χ0n) is 23.1. The largest absolute Gasteiger partial charge is 0.308 e. The summed E-state index contributed by atoms with van der Waals surface area (Å²) in [6.45, 7) is 0. The van der Waals surface area contributed by atoms with Crippen molar-refractivity contribution >= 4 is 55.6 Å². The van der Waals surface area contributed by atoms with E-state index in [0.29, 0.717) is 0 Å². The lowest BCUT2D eigenvalue weighted by molar-refractivity contribution is 0.592. The third-order valence-corrected chi connectivity index (χ3v) is 11.8. The van der Waals surface area contributed by atoms with Crippen molar-refractivity contribution in [3.8, 4) is 28.2 Å². The highest BCUT2D eigenvalue weighted by atomic mass is 31.2. The quantitative estimate of drug-likeness (QED) is 0.160. The van der Waals surface area contributed by atoms with E-state index in [1.54, 1.807) is 0 Å². The van der Waals surface area contributed by atoms with E-state index in [9.17, 15) is 0 Å². The van der Waals surface area contributed by atoms with E-state index in [1.807, 2.05) is 79.1 Å². The number of aromatic nitrogens is 3. The molecule has 0 radical (unpaired) electrons. The van der Waals surface area contributed by atoms with Crippen LogP contribution < -0.4 is 15.9 Å². The number of nitrogens with zero attached hydrogens (tertiary/aromatic N) is 3.